The van der Waals surface area contributed by atoms with Crippen LogP contribution in [0.25, 0.3) is 22.0 Å². The van der Waals surface area contributed by atoms with E-state index in [9.17, 15) is 4.79 Å². The first-order valence-corrected chi connectivity index (χ1v) is 14.6. The van der Waals surface area contributed by atoms with Gasteiger partial charge in [0.05, 0.1) is 30.2 Å². The first kappa shape index (κ1) is 25.8. The summed E-state index contributed by atoms with van der Waals surface area (Å²) < 4.78 is 5.69. The van der Waals surface area contributed by atoms with Gasteiger partial charge in [-0.2, -0.15) is 0 Å². The summed E-state index contributed by atoms with van der Waals surface area (Å²) in [5.74, 6) is 9.15. The molecule has 1 aliphatic carbocycles. The third kappa shape index (κ3) is 5.22. The van der Waals surface area contributed by atoms with Gasteiger partial charge in [0.2, 0.25) is 0 Å². The number of amides is 1. The second-order valence-electron chi connectivity index (χ2n) is 12.8. The van der Waals surface area contributed by atoms with E-state index in [1.807, 2.05) is 38.1 Å². The van der Waals surface area contributed by atoms with Crippen LogP contribution in [0.4, 0.5) is 4.79 Å². The number of hydrogen-bond donors (Lipinski definition) is 3. The van der Waals surface area contributed by atoms with Gasteiger partial charge in [-0.25, -0.2) is 14.8 Å². The highest BCUT2D eigenvalue weighted by atomic mass is 16.6. The third-order valence-electron chi connectivity index (χ3n) is 8.48. The molecule has 4 aromatic rings. The van der Waals surface area contributed by atoms with E-state index in [0.717, 1.165) is 63.7 Å². The summed E-state index contributed by atoms with van der Waals surface area (Å²) in [5, 5.41) is 5.88. The molecule has 0 unspecified atom stereocenters. The minimum Gasteiger partial charge on any atom is -0.444 e. The Balaban J connectivity index is 1.06. The van der Waals surface area contributed by atoms with Gasteiger partial charge in [0.1, 0.15) is 22.9 Å². The van der Waals surface area contributed by atoms with Crippen molar-refractivity contribution in [2.24, 2.45) is 5.92 Å². The number of aromatic amines is 2. The molecule has 0 spiro atoms. The van der Waals surface area contributed by atoms with Crippen LogP contribution in [0, 0.1) is 17.8 Å². The van der Waals surface area contributed by atoms with Crippen molar-refractivity contribution in [3.8, 4) is 23.1 Å². The maximum absolute atomic E-state index is 12.9. The van der Waals surface area contributed by atoms with E-state index in [2.05, 4.69) is 80.4 Å². The van der Waals surface area contributed by atoms with Crippen molar-refractivity contribution >= 4 is 16.9 Å². The van der Waals surface area contributed by atoms with Crippen molar-refractivity contribution in [3.05, 3.63) is 71.7 Å². The standard InChI is InChI=1S/C33H36N6O2/c1-19-5-12-29(39(19)32(40)41-33(2,3)4)31-35-18-28(38-31)23-10-9-21-13-20(6-8-22(21)14-23)7-11-25-17-34-30(36-25)27-16-24-15-26(24)37-27/h6,8-10,13-14,17-19,24,26-27,29,37H,5,12,15-16H2,1-4H3,(H,34,36)(H,35,38)/t19-,24+,26+,27-,29-/m0/s1. The minimum atomic E-state index is -0.537. The van der Waals surface area contributed by atoms with Gasteiger partial charge >= 0.3 is 6.09 Å². The van der Waals surface area contributed by atoms with Crippen LogP contribution in [0.15, 0.2) is 48.8 Å². The second-order valence-corrected chi connectivity index (χ2v) is 12.8. The molecule has 3 N–H and O–H groups in total. The zero-order valence-electron chi connectivity index (χ0n) is 24.0. The van der Waals surface area contributed by atoms with Crippen LogP contribution in [-0.4, -0.2) is 48.6 Å². The Morgan fingerprint density at radius 1 is 0.976 bits per heavy atom. The molecular weight excluding hydrogens is 512 g/mol. The zero-order chi connectivity index (χ0) is 28.3. The molecule has 7 rings (SSSR count). The topological polar surface area (TPSA) is 98.9 Å². The number of imidazole rings is 2. The van der Waals surface area contributed by atoms with Crippen LogP contribution in [0.5, 0.6) is 0 Å². The zero-order valence-corrected chi connectivity index (χ0v) is 24.0. The second kappa shape index (κ2) is 9.78. The lowest BCUT2D eigenvalue weighted by molar-refractivity contribution is 0.0152. The molecule has 8 nitrogen and oxygen atoms in total. The van der Waals surface area contributed by atoms with Crippen LogP contribution in [-0.2, 0) is 4.74 Å². The number of carbonyl (C=O) groups is 1. The van der Waals surface area contributed by atoms with Gasteiger partial charge < -0.3 is 20.0 Å². The predicted molar refractivity (Wildman–Crippen MR) is 158 cm³/mol. The molecule has 8 heteroatoms. The normalized spacial score (nSPS) is 25.2. The molecule has 2 aromatic carbocycles. The number of likely N-dealkylation sites (tertiary alicyclic amines) is 1. The van der Waals surface area contributed by atoms with Gasteiger partial charge in [0, 0.05) is 23.2 Å². The number of nitrogens with one attached hydrogen (secondary N) is 3. The molecule has 5 atom stereocenters. The summed E-state index contributed by atoms with van der Waals surface area (Å²) in [6.45, 7) is 7.75. The fourth-order valence-corrected chi connectivity index (χ4v) is 6.27. The Kier molecular flexibility index (Phi) is 6.16. The highest BCUT2D eigenvalue weighted by molar-refractivity contribution is 5.88. The fourth-order valence-electron chi connectivity index (χ4n) is 6.27. The lowest BCUT2D eigenvalue weighted by Gasteiger charge is -2.30. The number of H-pyrrole nitrogens is 2. The van der Waals surface area contributed by atoms with Gasteiger partial charge in [-0.3, -0.25) is 4.90 Å². The number of hydrogen-bond acceptors (Lipinski definition) is 5. The van der Waals surface area contributed by atoms with Gasteiger partial charge in [0.25, 0.3) is 0 Å². The fraction of sp³-hybridized carbons (Fsp3) is 0.424. The number of fused-ring (bicyclic) bond motifs is 2. The Bertz CT molecular complexity index is 1670. The molecule has 1 saturated carbocycles. The SMILES string of the molecule is C[C@H]1CC[C@@H](c2ncc(-c3ccc4cc(C#Cc5cnc([C@@H]6C[C@H]7C[C@H]7N6)[nH]5)ccc4c3)[nH]2)N1C(=O)OC(C)(C)C. The van der Waals surface area contributed by atoms with Crippen molar-refractivity contribution < 1.29 is 9.53 Å². The van der Waals surface area contributed by atoms with E-state index < -0.39 is 5.60 Å². The van der Waals surface area contributed by atoms with Crippen molar-refractivity contribution in [2.75, 3.05) is 0 Å². The average Bonchev–Trinajstić information content (AvgIpc) is 3.46. The maximum atomic E-state index is 12.9. The summed E-state index contributed by atoms with van der Waals surface area (Å²) in [6.07, 6.45) is 7.65. The molecule has 1 amide bonds. The molecule has 2 aliphatic heterocycles. The molecular formula is C33H36N6O2. The average molecular weight is 549 g/mol. The molecule has 3 aliphatic rings. The molecule has 2 aromatic heterocycles. The largest absolute Gasteiger partial charge is 0.444 e. The van der Waals surface area contributed by atoms with Crippen molar-refractivity contribution in [1.29, 1.82) is 0 Å². The number of benzene rings is 2. The van der Waals surface area contributed by atoms with E-state index >= 15 is 0 Å². The van der Waals surface area contributed by atoms with E-state index in [1.165, 1.54) is 12.8 Å². The predicted octanol–water partition coefficient (Wildman–Crippen LogP) is 6.24. The van der Waals surface area contributed by atoms with Crippen LogP contribution >= 0.6 is 0 Å². The summed E-state index contributed by atoms with van der Waals surface area (Å²) in [6, 6.07) is 13.7. The minimum absolute atomic E-state index is 0.103. The quantitative estimate of drug-likeness (QED) is 0.263. The van der Waals surface area contributed by atoms with E-state index in [0.29, 0.717) is 12.1 Å². The van der Waals surface area contributed by atoms with Crippen LogP contribution in [0.3, 0.4) is 0 Å². The number of piperidine rings is 1. The number of aromatic nitrogens is 4. The molecule has 2 saturated heterocycles. The number of carbonyl (C=O) groups excluding carboxylic acids is 1. The third-order valence-corrected chi connectivity index (χ3v) is 8.48. The lowest BCUT2D eigenvalue weighted by atomic mass is 10.0. The van der Waals surface area contributed by atoms with Gasteiger partial charge in [-0.1, -0.05) is 24.1 Å². The van der Waals surface area contributed by atoms with E-state index in [1.54, 1.807) is 0 Å². The van der Waals surface area contributed by atoms with Crippen LogP contribution in [0.2, 0.25) is 0 Å². The number of ether oxygens (including phenoxy) is 1. The Hall–Kier alpha value is -4.09. The Labute approximate surface area is 240 Å². The van der Waals surface area contributed by atoms with E-state index in [-0.39, 0.29) is 18.2 Å². The monoisotopic (exact) mass is 548 g/mol. The lowest BCUT2D eigenvalue weighted by Crippen LogP contribution is -2.40. The first-order valence-electron chi connectivity index (χ1n) is 14.6. The van der Waals surface area contributed by atoms with Crippen molar-refractivity contribution in [3.63, 3.8) is 0 Å². The van der Waals surface area contributed by atoms with Gasteiger partial charge in [0.15, 0.2) is 0 Å². The van der Waals surface area contributed by atoms with Crippen LogP contribution in [0.1, 0.15) is 88.4 Å². The maximum Gasteiger partial charge on any atom is 0.411 e. The highest BCUT2D eigenvalue weighted by Gasteiger charge is 2.46. The number of rotatable bonds is 3. The van der Waals surface area contributed by atoms with Gasteiger partial charge in [-0.15, -0.1) is 0 Å². The van der Waals surface area contributed by atoms with Crippen LogP contribution < -0.4 is 5.32 Å². The highest BCUT2D eigenvalue weighted by Crippen LogP contribution is 2.45. The van der Waals surface area contributed by atoms with Crippen molar-refractivity contribution in [1.82, 2.24) is 30.2 Å². The summed E-state index contributed by atoms with van der Waals surface area (Å²) in [4.78, 5) is 30.9. The molecule has 4 heterocycles. The Morgan fingerprint density at radius 3 is 2.59 bits per heavy atom. The summed E-state index contributed by atoms with van der Waals surface area (Å²) in [5.41, 5.74) is 3.24. The molecule has 3 fully saturated rings. The molecule has 210 valence electrons. The Morgan fingerprint density at radius 2 is 1.78 bits per heavy atom. The summed E-state index contributed by atoms with van der Waals surface area (Å²) >= 11 is 0. The van der Waals surface area contributed by atoms with Crippen molar-refractivity contribution in [2.45, 2.75) is 83.1 Å². The smallest absolute Gasteiger partial charge is 0.411 e. The van der Waals surface area contributed by atoms with E-state index in [4.69, 9.17) is 4.74 Å². The number of nitrogens with zero attached hydrogens (tertiary/aromatic N) is 3. The first-order chi connectivity index (χ1) is 19.7. The molecule has 41 heavy (non-hydrogen) atoms. The molecule has 0 radical (unpaired) electrons. The summed E-state index contributed by atoms with van der Waals surface area (Å²) in [7, 11) is 0. The van der Waals surface area contributed by atoms with Gasteiger partial charge in [-0.05, 0) is 94.2 Å². The molecule has 0 bridgehead atoms.